The van der Waals surface area contributed by atoms with Crippen LogP contribution in [0.25, 0.3) is 11.0 Å². The molecule has 0 saturated heterocycles. The largest absolute Gasteiger partial charge is 0.356 e. The van der Waals surface area contributed by atoms with Crippen molar-refractivity contribution < 1.29 is 4.52 Å². The van der Waals surface area contributed by atoms with Gasteiger partial charge in [0.25, 0.3) is 0 Å². The molecule has 1 heterocycles. The minimum absolute atomic E-state index is 0.400. The third-order valence-corrected chi connectivity index (χ3v) is 2.15. The van der Waals surface area contributed by atoms with Gasteiger partial charge in [0.2, 0.25) is 0 Å². The van der Waals surface area contributed by atoms with E-state index in [2.05, 4.69) is 5.16 Å². The van der Waals surface area contributed by atoms with Crippen molar-refractivity contribution in [3.05, 3.63) is 28.9 Å². The number of benzene rings is 1. The number of fused-ring (bicyclic) bond motifs is 1. The van der Waals surface area contributed by atoms with Crippen molar-refractivity contribution in [1.82, 2.24) is 5.16 Å². The highest BCUT2D eigenvalue weighted by Gasteiger charge is 2.06. The lowest BCUT2D eigenvalue weighted by atomic mass is 10.1. The molecular formula is C8H7ClN2O. The highest BCUT2D eigenvalue weighted by Crippen LogP contribution is 2.25. The molecule has 2 aromatic rings. The van der Waals surface area contributed by atoms with E-state index < -0.39 is 0 Å². The molecule has 3 nitrogen and oxygen atoms in total. The number of hydrogen-bond donors (Lipinski definition) is 1. The van der Waals surface area contributed by atoms with E-state index >= 15 is 0 Å². The fourth-order valence-electron chi connectivity index (χ4n) is 1.18. The van der Waals surface area contributed by atoms with Crippen molar-refractivity contribution >= 4 is 22.6 Å². The highest BCUT2D eigenvalue weighted by molar-refractivity contribution is 6.32. The van der Waals surface area contributed by atoms with E-state index in [0.717, 1.165) is 16.5 Å². The van der Waals surface area contributed by atoms with Gasteiger partial charge in [0.1, 0.15) is 0 Å². The summed E-state index contributed by atoms with van der Waals surface area (Å²) in [6.45, 7) is 0.400. The van der Waals surface area contributed by atoms with Crippen LogP contribution in [0.2, 0.25) is 5.02 Å². The smallest absolute Gasteiger partial charge is 0.167 e. The predicted molar refractivity (Wildman–Crippen MR) is 46.9 cm³/mol. The third-order valence-electron chi connectivity index (χ3n) is 1.80. The molecule has 0 atom stereocenters. The maximum Gasteiger partial charge on any atom is 0.167 e. The summed E-state index contributed by atoms with van der Waals surface area (Å²) < 4.78 is 4.95. The Bertz CT molecular complexity index is 410. The van der Waals surface area contributed by atoms with Crippen LogP contribution in [-0.4, -0.2) is 5.16 Å². The van der Waals surface area contributed by atoms with E-state index in [0.29, 0.717) is 11.6 Å². The highest BCUT2D eigenvalue weighted by atomic mass is 35.5. The molecular weight excluding hydrogens is 176 g/mol. The van der Waals surface area contributed by atoms with Crippen LogP contribution in [0.4, 0.5) is 0 Å². The normalized spacial score (nSPS) is 10.8. The summed E-state index contributed by atoms with van der Waals surface area (Å²) in [5.74, 6) is 0. The number of halogens is 1. The summed E-state index contributed by atoms with van der Waals surface area (Å²) >= 11 is 5.91. The monoisotopic (exact) mass is 182 g/mol. The number of aromatic nitrogens is 1. The molecule has 0 aliphatic rings. The number of nitrogens with two attached hydrogens (primary N) is 1. The van der Waals surface area contributed by atoms with Gasteiger partial charge in [-0.2, -0.15) is 0 Å². The van der Waals surface area contributed by atoms with Crippen LogP contribution in [0.5, 0.6) is 0 Å². The molecule has 0 aliphatic carbocycles. The molecule has 0 aliphatic heterocycles. The Morgan fingerprint density at radius 1 is 1.50 bits per heavy atom. The fraction of sp³-hybridized carbons (Fsp3) is 0.125. The van der Waals surface area contributed by atoms with E-state index in [1.54, 1.807) is 18.3 Å². The van der Waals surface area contributed by atoms with Crippen molar-refractivity contribution in [3.63, 3.8) is 0 Å². The zero-order valence-electron chi connectivity index (χ0n) is 6.25. The van der Waals surface area contributed by atoms with Crippen LogP contribution in [0.3, 0.4) is 0 Å². The predicted octanol–water partition coefficient (Wildman–Crippen LogP) is 1.94. The second-order valence-electron chi connectivity index (χ2n) is 2.47. The first-order valence-electron chi connectivity index (χ1n) is 3.55. The Balaban J connectivity index is 2.83. The Hall–Kier alpha value is -1.06. The minimum Gasteiger partial charge on any atom is -0.356 e. The lowest BCUT2D eigenvalue weighted by Crippen LogP contribution is -1.97. The zero-order chi connectivity index (χ0) is 8.55. The first-order chi connectivity index (χ1) is 5.83. The summed E-state index contributed by atoms with van der Waals surface area (Å²) in [5.41, 5.74) is 7.13. The van der Waals surface area contributed by atoms with Crippen LogP contribution in [0.15, 0.2) is 22.9 Å². The van der Waals surface area contributed by atoms with Gasteiger partial charge in [-0.3, -0.25) is 0 Å². The third kappa shape index (κ3) is 0.983. The molecule has 1 aromatic heterocycles. The van der Waals surface area contributed by atoms with Crippen molar-refractivity contribution in [2.45, 2.75) is 6.54 Å². The van der Waals surface area contributed by atoms with Crippen molar-refractivity contribution in [2.75, 3.05) is 0 Å². The van der Waals surface area contributed by atoms with Gasteiger partial charge in [0.05, 0.1) is 6.20 Å². The molecule has 4 heteroatoms. The second kappa shape index (κ2) is 2.77. The van der Waals surface area contributed by atoms with E-state index in [9.17, 15) is 0 Å². The molecule has 0 unspecified atom stereocenters. The fourth-order valence-corrected chi connectivity index (χ4v) is 1.42. The first-order valence-corrected chi connectivity index (χ1v) is 3.92. The molecule has 62 valence electrons. The quantitative estimate of drug-likeness (QED) is 0.734. The Kier molecular flexibility index (Phi) is 1.75. The van der Waals surface area contributed by atoms with Gasteiger partial charge in [-0.25, -0.2) is 0 Å². The number of nitrogens with zero attached hydrogens (tertiary/aromatic N) is 1. The Labute approximate surface area is 74.1 Å². The van der Waals surface area contributed by atoms with Crippen LogP contribution in [-0.2, 0) is 6.54 Å². The van der Waals surface area contributed by atoms with Crippen LogP contribution in [0.1, 0.15) is 5.56 Å². The molecule has 2 rings (SSSR count). The van der Waals surface area contributed by atoms with Gasteiger partial charge >= 0.3 is 0 Å². The molecule has 0 amide bonds. The molecule has 0 bridgehead atoms. The zero-order valence-corrected chi connectivity index (χ0v) is 7.01. The van der Waals surface area contributed by atoms with Gasteiger partial charge in [0.15, 0.2) is 5.58 Å². The molecule has 0 fully saturated rings. The Morgan fingerprint density at radius 3 is 3.08 bits per heavy atom. The summed E-state index contributed by atoms with van der Waals surface area (Å²) in [4.78, 5) is 0. The summed E-state index contributed by atoms with van der Waals surface area (Å²) in [5, 5.41) is 5.22. The van der Waals surface area contributed by atoms with Crippen LogP contribution < -0.4 is 5.73 Å². The number of hydrogen-bond acceptors (Lipinski definition) is 3. The van der Waals surface area contributed by atoms with E-state index in [1.165, 1.54) is 0 Å². The van der Waals surface area contributed by atoms with Crippen LogP contribution in [0, 0.1) is 0 Å². The molecule has 0 spiro atoms. The first kappa shape index (κ1) is 7.58. The summed E-state index contributed by atoms with van der Waals surface area (Å²) in [6, 6.07) is 3.54. The topological polar surface area (TPSA) is 52.0 Å². The molecule has 1 aromatic carbocycles. The molecule has 0 radical (unpaired) electrons. The maximum absolute atomic E-state index is 5.91. The van der Waals surface area contributed by atoms with Gasteiger partial charge in [0, 0.05) is 17.0 Å². The van der Waals surface area contributed by atoms with Crippen LogP contribution >= 0.6 is 11.6 Å². The minimum atomic E-state index is 0.400. The SMILES string of the molecule is NCc1c(Cl)ccc2oncc12. The molecule has 12 heavy (non-hydrogen) atoms. The van der Waals surface area contributed by atoms with E-state index in [1.807, 2.05) is 0 Å². The average molecular weight is 183 g/mol. The standard InChI is InChI=1S/C8H7ClN2O/c9-7-1-2-8-6(4-11-12-8)5(7)3-10/h1-2,4H,3,10H2. The Morgan fingerprint density at radius 2 is 2.33 bits per heavy atom. The van der Waals surface area contributed by atoms with Gasteiger partial charge in [-0.15, -0.1) is 0 Å². The van der Waals surface area contributed by atoms with Gasteiger partial charge < -0.3 is 10.3 Å². The lowest BCUT2D eigenvalue weighted by molar-refractivity contribution is 0.456. The summed E-state index contributed by atoms with van der Waals surface area (Å²) in [6.07, 6.45) is 1.63. The van der Waals surface area contributed by atoms with Crippen molar-refractivity contribution in [1.29, 1.82) is 0 Å². The van der Waals surface area contributed by atoms with Gasteiger partial charge in [-0.1, -0.05) is 16.8 Å². The van der Waals surface area contributed by atoms with E-state index in [-0.39, 0.29) is 0 Å². The maximum atomic E-state index is 5.91. The van der Waals surface area contributed by atoms with Crippen molar-refractivity contribution in [3.8, 4) is 0 Å². The molecule has 2 N–H and O–H groups in total. The van der Waals surface area contributed by atoms with Crippen molar-refractivity contribution in [2.24, 2.45) is 5.73 Å². The van der Waals surface area contributed by atoms with Gasteiger partial charge in [-0.05, 0) is 17.7 Å². The number of rotatable bonds is 1. The second-order valence-corrected chi connectivity index (χ2v) is 2.87. The molecule has 0 saturated carbocycles. The average Bonchev–Trinajstić information content (AvgIpc) is 2.52. The van der Waals surface area contributed by atoms with E-state index in [4.69, 9.17) is 21.9 Å². The lowest BCUT2D eigenvalue weighted by Gasteiger charge is -1.99. The summed E-state index contributed by atoms with van der Waals surface area (Å²) in [7, 11) is 0.